The summed E-state index contributed by atoms with van der Waals surface area (Å²) in [5.41, 5.74) is 6.31. The number of carbonyl (C=O) groups is 1. The molecular weight excluding hydrogens is 436 g/mol. The van der Waals surface area contributed by atoms with Crippen molar-refractivity contribution in [1.29, 1.82) is 0 Å². The molecule has 0 aliphatic heterocycles. The Kier molecular flexibility index (Phi) is 6.59. The molecule has 34 heavy (non-hydrogen) atoms. The van der Waals surface area contributed by atoms with Crippen molar-refractivity contribution in [2.75, 3.05) is 10.7 Å². The maximum absolute atomic E-state index is 12.4. The van der Waals surface area contributed by atoms with Gasteiger partial charge in [0.1, 0.15) is 17.8 Å². The molecular formula is C24H20N6O4. The number of nitrogens with one attached hydrogen (secondary N) is 3. The molecule has 0 aliphatic carbocycles. The summed E-state index contributed by atoms with van der Waals surface area (Å²) in [5, 5.41) is 14.7. The number of hydrogen-bond donors (Lipinski definition) is 3. The van der Waals surface area contributed by atoms with Crippen molar-refractivity contribution >= 4 is 28.9 Å². The Morgan fingerprint density at radius 1 is 0.882 bits per heavy atom. The summed E-state index contributed by atoms with van der Waals surface area (Å²) in [6.45, 7) is 1.79. The maximum atomic E-state index is 12.4. The van der Waals surface area contributed by atoms with E-state index in [1.807, 2.05) is 36.4 Å². The van der Waals surface area contributed by atoms with Crippen molar-refractivity contribution in [1.82, 2.24) is 15.4 Å². The predicted octanol–water partition coefficient (Wildman–Crippen LogP) is 4.99. The molecule has 3 N–H and O–H groups in total. The number of amides is 1. The molecule has 1 heterocycles. The molecule has 10 heteroatoms. The lowest BCUT2D eigenvalue weighted by Crippen LogP contribution is -2.30. The highest BCUT2D eigenvalue weighted by Crippen LogP contribution is 2.31. The summed E-state index contributed by atoms with van der Waals surface area (Å²) in [6, 6.07) is 23.2. The van der Waals surface area contributed by atoms with Gasteiger partial charge in [0.25, 0.3) is 5.91 Å². The largest absolute Gasteiger partial charge is 0.457 e. The molecule has 4 aromatic rings. The normalized spacial score (nSPS) is 10.3. The summed E-state index contributed by atoms with van der Waals surface area (Å²) in [4.78, 5) is 31.5. The summed E-state index contributed by atoms with van der Waals surface area (Å²) < 4.78 is 5.75. The number of nitrogens with zero attached hydrogens (tertiary/aromatic N) is 3. The fraction of sp³-hybridized carbons (Fsp3) is 0.0417. The number of anilines is 3. The molecule has 0 radical (unpaired) electrons. The summed E-state index contributed by atoms with van der Waals surface area (Å²) in [5.74, 6) is 0.653. The van der Waals surface area contributed by atoms with Crippen molar-refractivity contribution in [3.8, 4) is 11.5 Å². The van der Waals surface area contributed by atoms with E-state index in [4.69, 9.17) is 4.74 Å². The van der Waals surface area contributed by atoms with Crippen LogP contribution in [-0.4, -0.2) is 20.8 Å². The van der Waals surface area contributed by atoms with Gasteiger partial charge < -0.3 is 10.1 Å². The molecule has 1 amide bonds. The van der Waals surface area contributed by atoms with Crippen LogP contribution < -0.4 is 20.9 Å². The highest BCUT2D eigenvalue weighted by Gasteiger charge is 2.24. The van der Waals surface area contributed by atoms with E-state index < -0.39 is 16.5 Å². The van der Waals surface area contributed by atoms with Crippen LogP contribution in [0.3, 0.4) is 0 Å². The lowest BCUT2D eigenvalue weighted by atomic mass is 10.1. The van der Waals surface area contributed by atoms with Crippen molar-refractivity contribution < 1.29 is 14.5 Å². The van der Waals surface area contributed by atoms with Gasteiger partial charge in [0.05, 0.1) is 4.92 Å². The van der Waals surface area contributed by atoms with Gasteiger partial charge in [0.15, 0.2) is 0 Å². The first kappa shape index (κ1) is 22.2. The van der Waals surface area contributed by atoms with Crippen LogP contribution in [0.2, 0.25) is 0 Å². The Morgan fingerprint density at radius 2 is 1.53 bits per heavy atom. The van der Waals surface area contributed by atoms with Gasteiger partial charge >= 0.3 is 5.69 Å². The molecule has 0 bridgehead atoms. The summed E-state index contributed by atoms with van der Waals surface area (Å²) >= 11 is 0. The number of aromatic nitrogens is 2. The van der Waals surface area contributed by atoms with Crippen LogP contribution in [0.25, 0.3) is 0 Å². The molecule has 0 aliphatic rings. The second kappa shape index (κ2) is 10.1. The smallest absolute Gasteiger partial charge is 0.355 e. The number of hydrazine groups is 1. The molecule has 0 spiro atoms. The number of hydrogen-bond acceptors (Lipinski definition) is 8. The Balaban J connectivity index is 1.49. The Bertz CT molecular complexity index is 1310. The second-order valence-electron chi connectivity index (χ2n) is 7.14. The van der Waals surface area contributed by atoms with Gasteiger partial charge in [-0.1, -0.05) is 36.4 Å². The molecule has 1 aromatic heterocycles. The first-order valence-corrected chi connectivity index (χ1v) is 10.2. The highest BCUT2D eigenvalue weighted by molar-refractivity contribution is 5.96. The zero-order valence-corrected chi connectivity index (χ0v) is 18.1. The van der Waals surface area contributed by atoms with Gasteiger partial charge in [-0.2, -0.15) is 0 Å². The molecule has 4 rings (SSSR count). The quantitative estimate of drug-likeness (QED) is 0.250. The predicted molar refractivity (Wildman–Crippen MR) is 127 cm³/mol. The number of benzene rings is 3. The third-order valence-electron chi connectivity index (χ3n) is 4.78. The van der Waals surface area contributed by atoms with Gasteiger partial charge in [-0.25, -0.2) is 9.97 Å². The molecule has 0 unspecified atom stereocenters. The van der Waals surface area contributed by atoms with Crippen molar-refractivity contribution in [2.24, 2.45) is 0 Å². The van der Waals surface area contributed by atoms with Crippen LogP contribution in [-0.2, 0) is 0 Å². The Morgan fingerprint density at radius 3 is 2.24 bits per heavy atom. The summed E-state index contributed by atoms with van der Waals surface area (Å²) in [6.07, 6.45) is 1.16. The van der Waals surface area contributed by atoms with E-state index in [2.05, 4.69) is 26.1 Å². The van der Waals surface area contributed by atoms with Gasteiger partial charge in [0, 0.05) is 11.3 Å². The van der Waals surface area contributed by atoms with Crippen LogP contribution in [0.1, 0.15) is 15.9 Å². The molecule has 170 valence electrons. The minimum atomic E-state index is -0.628. The van der Waals surface area contributed by atoms with E-state index in [1.54, 1.807) is 49.4 Å². The zero-order chi connectivity index (χ0) is 23.9. The van der Waals surface area contributed by atoms with Gasteiger partial charge in [-0.3, -0.25) is 25.8 Å². The molecule has 0 atom stereocenters. The average Bonchev–Trinajstić information content (AvgIpc) is 2.84. The van der Waals surface area contributed by atoms with Crippen LogP contribution in [0.5, 0.6) is 11.5 Å². The van der Waals surface area contributed by atoms with E-state index in [9.17, 15) is 14.9 Å². The maximum Gasteiger partial charge on any atom is 0.355 e. The fourth-order valence-electron chi connectivity index (χ4n) is 3.11. The topological polar surface area (TPSA) is 131 Å². The second-order valence-corrected chi connectivity index (χ2v) is 7.14. The number of carbonyl (C=O) groups excluding carboxylic acids is 1. The van der Waals surface area contributed by atoms with Crippen LogP contribution in [0.15, 0.2) is 85.2 Å². The number of para-hydroxylation sites is 1. The van der Waals surface area contributed by atoms with Crippen molar-refractivity contribution in [3.05, 3.63) is 106 Å². The molecule has 10 nitrogen and oxygen atoms in total. The van der Waals surface area contributed by atoms with E-state index >= 15 is 0 Å². The number of aryl methyl sites for hydroxylation is 1. The van der Waals surface area contributed by atoms with Crippen molar-refractivity contribution in [2.45, 2.75) is 6.92 Å². The van der Waals surface area contributed by atoms with Crippen LogP contribution >= 0.6 is 0 Å². The monoisotopic (exact) mass is 456 g/mol. The van der Waals surface area contributed by atoms with Crippen molar-refractivity contribution in [3.63, 3.8) is 0 Å². The third kappa shape index (κ3) is 5.25. The Hall–Kier alpha value is -4.99. The highest BCUT2D eigenvalue weighted by atomic mass is 16.6. The first-order chi connectivity index (χ1) is 16.5. The lowest BCUT2D eigenvalue weighted by molar-refractivity contribution is -0.383. The molecule has 0 saturated carbocycles. The van der Waals surface area contributed by atoms with E-state index in [0.717, 1.165) is 11.9 Å². The minimum Gasteiger partial charge on any atom is -0.457 e. The van der Waals surface area contributed by atoms with Crippen LogP contribution in [0, 0.1) is 17.0 Å². The SMILES string of the molecule is Cc1ccccc1C(=O)NNc1ncnc(Nc2ccc(Oc3ccccc3)cc2)c1[N+](=O)[O-]. The number of rotatable bonds is 8. The van der Waals surface area contributed by atoms with E-state index in [0.29, 0.717) is 22.7 Å². The molecule has 0 saturated heterocycles. The molecule has 3 aromatic carbocycles. The van der Waals surface area contributed by atoms with Gasteiger partial charge in [0.2, 0.25) is 11.6 Å². The lowest BCUT2D eigenvalue weighted by Gasteiger charge is -2.12. The average molecular weight is 456 g/mol. The molecule has 0 fully saturated rings. The number of nitro groups is 1. The number of ether oxygens (including phenoxy) is 1. The van der Waals surface area contributed by atoms with E-state index in [1.165, 1.54) is 0 Å². The first-order valence-electron chi connectivity index (χ1n) is 10.2. The third-order valence-corrected chi connectivity index (χ3v) is 4.78. The summed E-state index contributed by atoms with van der Waals surface area (Å²) in [7, 11) is 0. The van der Waals surface area contributed by atoms with E-state index in [-0.39, 0.29) is 11.6 Å². The van der Waals surface area contributed by atoms with Crippen LogP contribution in [0.4, 0.5) is 23.0 Å². The standard InChI is InChI=1S/C24H20N6O4/c1-16-7-5-6-10-20(16)24(31)29-28-23-21(30(32)33)22(25-15-26-23)27-17-11-13-19(14-12-17)34-18-8-3-2-4-9-18/h2-15H,1H3,(H,29,31)(H2,25,26,27,28). The zero-order valence-electron chi connectivity index (χ0n) is 18.1. The fourth-order valence-corrected chi connectivity index (χ4v) is 3.11. The van der Waals surface area contributed by atoms with Gasteiger partial charge in [-0.15, -0.1) is 0 Å². The minimum absolute atomic E-state index is 0.0376. The Labute approximate surface area is 194 Å². The van der Waals surface area contributed by atoms with Gasteiger partial charge in [-0.05, 0) is 55.0 Å².